The molecule has 0 aliphatic heterocycles. The molecule has 0 aliphatic rings. The van der Waals surface area contributed by atoms with Crippen molar-refractivity contribution in [3.8, 4) is 0 Å². The first kappa shape index (κ1) is 14.9. The minimum atomic E-state index is 0.688. The quantitative estimate of drug-likeness (QED) is 0.532. The summed E-state index contributed by atoms with van der Waals surface area (Å²) in [6.45, 7) is 11.5. The zero-order chi connectivity index (χ0) is 13.2. The maximum Gasteiger partial charge on any atom is 0.0717 e. The second-order valence-corrected chi connectivity index (χ2v) is 4.97. The molecule has 18 heavy (non-hydrogen) atoms. The molecule has 0 spiro atoms. The van der Waals surface area contributed by atoms with E-state index in [1.54, 1.807) is 0 Å². The Morgan fingerprint density at radius 1 is 1.22 bits per heavy atom. The van der Waals surface area contributed by atoms with Gasteiger partial charge in [-0.25, -0.2) is 0 Å². The van der Waals surface area contributed by atoms with Crippen LogP contribution in [-0.4, -0.2) is 13.2 Å². The van der Waals surface area contributed by atoms with Gasteiger partial charge in [-0.05, 0) is 30.0 Å². The standard InChI is InChI=1S/C16H25NO/c1-4-5-10-18-13-16-8-6-15(7-9-16)12-17-11-14(2)3/h4,6-9,14,17H,1,5,10-13H2,2-3H3. The van der Waals surface area contributed by atoms with Crippen molar-refractivity contribution in [2.75, 3.05) is 13.2 Å². The molecule has 2 heteroatoms. The maximum atomic E-state index is 5.53. The molecule has 1 rings (SSSR count). The average molecular weight is 247 g/mol. The minimum Gasteiger partial charge on any atom is -0.376 e. The van der Waals surface area contributed by atoms with Gasteiger partial charge in [0, 0.05) is 6.54 Å². The Morgan fingerprint density at radius 3 is 2.50 bits per heavy atom. The molecular formula is C16H25NO. The van der Waals surface area contributed by atoms with E-state index in [9.17, 15) is 0 Å². The number of nitrogens with one attached hydrogen (secondary N) is 1. The molecule has 0 saturated carbocycles. The van der Waals surface area contributed by atoms with Crippen molar-refractivity contribution in [2.45, 2.75) is 33.4 Å². The summed E-state index contributed by atoms with van der Waals surface area (Å²) in [5.74, 6) is 0.697. The normalized spacial score (nSPS) is 10.8. The lowest BCUT2D eigenvalue weighted by Crippen LogP contribution is -2.18. The third kappa shape index (κ3) is 6.58. The molecule has 0 saturated heterocycles. The highest BCUT2D eigenvalue weighted by atomic mass is 16.5. The lowest BCUT2D eigenvalue weighted by atomic mass is 10.1. The molecule has 0 amide bonds. The molecule has 0 unspecified atom stereocenters. The van der Waals surface area contributed by atoms with Crippen LogP contribution < -0.4 is 5.32 Å². The predicted octanol–water partition coefficient (Wildman–Crippen LogP) is 3.52. The van der Waals surface area contributed by atoms with Crippen molar-refractivity contribution in [3.63, 3.8) is 0 Å². The fourth-order valence-corrected chi connectivity index (χ4v) is 1.62. The molecule has 1 N–H and O–H groups in total. The van der Waals surface area contributed by atoms with Crippen molar-refractivity contribution in [1.82, 2.24) is 5.32 Å². The first-order valence-electron chi connectivity index (χ1n) is 6.69. The molecule has 0 heterocycles. The van der Waals surface area contributed by atoms with Crippen LogP contribution in [0.5, 0.6) is 0 Å². The number of hydrogen-bond acceptors (Lipinski definition) is 2. The smallest absolute Gasteiger partial charge is 0.0717 e. The molecular weight excluding hydrogens is 222 g/mol. The van der Waals surface area contributed by atoms with Crippen molar-refractivity contribution in [3.05, 3.63) is 48.0 Å². The van der Waals surface area contributed by atoms with E-state index in [1.165, 1.54) is 11.1 Å². The van der Waals surface area contributed by atoms with Crippen molar-refractivity contribution in [1.29, 1.82) is 0 Å². The summed E-state index contributed by atoms with van der Waals surface area (Å²) in [4.78, 5) is 0. The molecule has 0 aromatic heterocycles. The fraction of sp³-hybridized carbons (Fsp3) is 0.500. The van der Waals surface area contributed by atoms with Crippen molar-refractivity contribution in [2.24, 2.45) is 5.92 Å². The summed E-state index contributed by atoms with van der Waals surface area (Å²) >= 11 is 0. The highest BCUT2D eigenvalue weighted by molar-refractivity contribution is 5.21. The molecule has 0 atom stereocenters. The van der Waals surface area contributed by atoms with E-state index in [0.29, 0.717) is 12.5 Å². The van der Waals surface area contributed by atoms with Gasteiger partial charge < -0.3 is 10.1 Å². The third-order valence-corrected chi connectivity index (χ3v) is 2.64. The van der Waals surface area contributed by atoms with Crippen LogP contribution in [0.3, 0.4) is 0 Å². The molecule has 2 nitrogen and oxygen atoms in total. The molecule has 1 aromatic carbocycles. The molecule has 0 aliphatic carbocycles. The molecule has 0 bridgehead atoms. The topological polar surface area (TPSA) is 21.3 Å². The summed E-state index contributed by atoms with van der Waals surface area (Å²) in [5.41, 5.74) is 2.55. The van der Waals surface area contributed by atoms with E-state index in [2.05, 4.69) is 50.0 Å². The van der Waals surface area contributed by atoms with Crippen LogP contribution in [0.4, 0.5) is 0 Å². The van der Waals surface area contributed by atoms with Crippen LogP contribution in [0.2, 0.25) is 0 Å². The van der Waals surface area contributed by atoms with Crippen molar-refractivity contribution >= 4 is 0 Å². The Bertz CT molecular complexity index is 329. The Hall–Kier alpha value is -1.12. The summed E-state index contributed by atoms with van der Waals surface area (Å²) in [5, 5.41) is 3.44. The number of ether oxygens (including phenoxy) is 1. The van der Waals surface area contributed by atoms with Gasteiger partial charge >= 0.3 is 0 Å². The molecule has 1 aromatic rings. The van der Waals surface area contributed by atoms with Gasteiger partial charge in [0.2, 0.25) is 0 Å². The summed E-state index contributed by atoms with van der Waals surface area (Å²) in [6.07, 6.45) is 2.79. The molecule has 100 valence electrons. The summed E-state index contributed by atoms with van der Waals surface area (Å²) in [7, 11) is 0. The largest absolute Gasteiger partial charge is 0.376 e. The second-order valence-electron chi connectivity index (χ2n) is 4.97. The third-order valence-electron chi connectivity index (χ3n) is 2.64. The molecule has 0 radical (unpaired) electrons. The van der Waals surface area contributed by atoms with Crippen molar-refractivity contribution < 1.29 is 4.74 Å². The van der Waals surface area contributed by atoms with Crippen LogP contribution in [0.15, 0.2) is 36.9 Å². The predicted molar refractivity (Wildman–Crippen MR) is 77.5 cm³/mol. The average Bonchev–Trinajstić information content (AvgIpc) is 2.36. The zero-order valence-corrected chi connectivity index (χ0v) is 11.6. The van der Waals surface area contributed by atoms with Gasteiger partial charge in [0.1, 0.15) is 0 Å². The van der Waals surface area contributed by atoms with E-state index >= 15 is 0 Å². The second kappa shape index (κ2) is 8.90. The summed E-state index contributed by atoms with van der Waals surface area (Å²) < 4.78 is 5.53. The number of benzene rings is 1. The minimum absolute atomic E-state index is 0.688. The Labute approximate surface area is 111 Å². The Kier molecular flexibility index (Phi) is 7.38. The Morgan fingerprint density at radius 2 is 1.89 bits per heavy atom. The number of hydrogen-bond donors (Lipinski definition) is 1. The van der Waals surface area contributed by atoms with E-state index in [-0.39, 0.29) is 0 Å². The van der Waals surface area contributed by atoms with Gasteiger partial charge in [0.25, 0.3) is 0 Å². The Balaban J connectivity index is 2.26. The monoisotopic (exact) mass is 247 g/mol. The summed E-state index contributed by atoms with van der Waals surface area (Å²) in [6, 6.07) is 8.61. The van der Waals surface area contributed by atoms with Gasteiger partial charge in [-0.2, -0.15) is 0 Å². The van der Waals surface area contributed by atoms with Crippen LogP contribution in [0, 0.1) is 5.92 Å². The highest BCUT2D eigenvalue weighted by Gasteiger charge is 1.97. The SMILES string of the molecule is C=CCCOCc1ccc(CNCC(C)C)cc1. The molecule has 0 fully saturated rings. The van der Waals surface area contributed by atoms with E-state index in [1.807, 2.05) is 6.08 Å². The first-order chi connectivity index (χ1) is 8.72. The zero-order valence-electron chi connectivity index (χ0n) is 11.6. The first-order valence-corrected chi connectivity index (χ1v) is 6.69. The lowest BCUT2D eigenvalue weighted by Gasteiger charge is -2.08. The van der Waals surface area contributed by atoms with E-state index in [4.69, 9.17) is 4.74 Å². The number of rotatable bonds is 9. The van der Waals surface area contributed by atoms with Gasteiger partial charge in [-0.1, -0.05) is 44.2 Å². The van der Waals surface area contributed by atoms with Gasteiger partial charge in [0.15, 0.2) is 0 Å². The van der Waals surface area contributed by atoms with Crippen LogP contribution in [0.25, 0.3) is 0 Å². The lowest BCUT2D eigenvalue weighted by molar-refractivity contribution is 0.125. The van der Waals surface area contributed by atoms with Crippen LogP contribution in [0.1, 0.15) is 31.4 Å². The van der Waals surface area contributed by atoms with E-state index in [0.717, 1.165) is 26.1 Å². The van der Waals surface area contributed by atoms with E-state index < -0.39 is 0 Å². The van der Waals surface area contributed by atoms with Crippen LogP contribution in [-0.2, 0) is 17.9 Å². The maximum absolute atomic E-state index is 5.53. The van der Waals surface area contributed by atoms with Gasteiger partial charge in [-0.15, -0.1) is 6.58 Å². The highest BCUT2D eigenvalue weighted by Crippen LogP contribution is 2.06. The van der Waals surface area contributed by atoms with Crippen LogP contribution >= 0.6 is 0 Å². The van der Waals surface area contributed by atoms with Gasteiger partial charge in [-0.3, -0.25) is 0 Å². The fourth-order valence-electron chi connectivity index (χ4n) is 1.62. The van der Waals surface area contributed by atoms with Gasteiger partial charge in [0.05, 0.1) is 13.2 Å².